The van der Waals surface area contributed by atoms with Gasteiger partial charge in [0, 0.05) is 31.9 Å². The summed E-state index contributed by atoms with van der Waals surface area (Å²) in [5, 5.41) is 0. The van der Waals surface area contributed by atoms with Gasteiger partial charge in [-0.2, -0.15) is 0 Å². The maximum atomic E-state index is 2.57. The second-order valence-electron chi connectivity index (χ2n) is 6.07. The van der Waals surface area contributed by atoms with Gasteiger partial charge in [0.15, 0.2) is 0 Å². The van der Waals surface area contributed by atoms with Crippen molar-refractivity contribution in [3.8, 4) is 0 Å². The van der Waals surface area contributed by atoms with Crippen molar-refractivity contribution in [3.63, 3.8) is 0 Å². The van der Waals surface area contributed by atoms with Crippen LogP contribution in [0.25, 0.3) is 0 Å². The van der Waals surface area contributed by atoms with Gasteiger partial charge in [-0.05, 0) is 44.0 Å². The van der Waals surface area contributed by atoms with Crippen LogP contribution in [0.3, 0.4) is 0 Å². The van der Waals surface area contributed by atoms with Crippen molar-refractivity contribution < 1.29 is 0 Å². The molecule has 115 valence electrons. The summed E-state index contributed by atoms with van der Waals surface area (Å²) >= 11 is 0. The minimum Gasteiger partial charge on any atom is -0.369 e. The maximum Gasteiger partial charge on any atom is 0.0367 e. The summed E-state index contributed by atoms with van der Waals surface area (Å²) in [6.07, 6.45) is 3.48. The average molecular weight is 293 g/mol. The number of piperazine rings is 1. The number of rotatable bonds is 5. The molecule has 0 atom stereocenters. The first kappa shape index (κ1) is 15.1. The first-order valence-electron chi connectivity index (χ1n) is 8.23. The number of para-hydroxylation sites is 1. The Bertz CT molecular complexity index is 554. The topological polar surface area (TPSA) is 6.48 Å². The van der Waals surface area contributed by atoms with Gasteiger partial charge in [-0.3, -0.25) is 4.90 Å². The Morgan fingerprint density at radius 3 is 2.23 bits per heavy atom. The highest BCUT2D eigenvalue weighted by Crippen LogP contribution is 2.16. The summed E-state index contributed by atoms with van der Waals surface area (Å²) < 4.78 is 0. The van der Waals surface area contributed by atoms with Gasteiger partial charge < -0.3 is 4.90 Å². The Morgan fingerprint density at radius 1 is 0.864 bits per heavy atom. The lowest BCUT2D eigenvalue weighted by atomic mass is 10.1. The van der Waals surface area contributed by atoms with Gasteiger partial charge in [0.05, 0.1) is 0 Å². The number of benzene rings is 2. The van der Waals surface area contributed by atoms with E-state index >= 15 is 0 Å². The zero-order valence-electron chi connectivity index (χ0n) is 13.4. The van der Waals surface area contributed by atoms with Crippen molar-refractivity contribution in [3.05, 3.63) is 72.1 Å². The van der Waals surface area contributed by atoms with Crippen LogP contribution in [0, 0.1) is 13.3 Å². The predicted octanol–water partition coefficient (Wildman–Crippen LogP) is 3.76. The molecule has 2 aromatic carbocycles. The molecule has 1 radical (unpaired) electrons. The molecule has 0 unspecified atom stereocenters. The third-order valence-corrected chi connectivity index (χ3v) is 4.40. The normalized spacial score (nSPS) is 16.0. The molecular formula is C20H25N2. The molecule has 0 amide bonds. The highest BCUT2D eigenvalue weighted by Gasteiger charge is 2.16. The molecule has 1 saturated heterocycles. The molecule has 0 spiro atoms. The van der Waals surface area contributed by atoms with Crippen molar-refractivity contribution in [1.82, 2.24) is 4.90 Å². The number of hydrogen-bond donors (Lipinski definition) is 0. The summed E-state index contributed by atoms with van der Waals surface area (Å²) in [7, 11) is 0. The quantitative estimate of drug-likeness (QED) is 0.828. The van der Waals surface area contributed by atoms with Crippen LogP contribution in [0.2, 0.25) is 0 Å². The summed E-state index contributed by atoms with van der Waals surface area (Å²) in [5.74, 6) is 0. The number of hydrogen-bond acceptors (Lipinski definition) is 2. The van der Waals surface area contributed by atoms with Crippen LogP contribution in [0.4, 0.5) is 5.69 Å². The molecule has 0 saturated carbocycles. The molecule has 1 aliphatic heterocycles. The predicted molar refractivity (Wildman–Crippen MR) is 94.3 cm³/mol. The largest absolute Gasteiger partial charge is 0.369 e. The highest BCUT2D eigenvalue weighted by molar-refractivity contribution is 5.46. The number of aryl methyl sites for hydroxylation is 1. The third-order valence-electron chi connectivity index (χ3n) is 4.40. The van der Waals surface area contributed by atoms with Gasteiger partial charge in [-0.15, -0.1) is 0 Å². The maximum absolute atomic E-state index is 2.57. The van der Waals surface area contributed by atoms with Crippen molar-refractivity contribution in [2.24, 2.45) is 0 Å². The minimum absolute atomic E-state index is 1.13. The lowest BCUT2D eigenvalue weighted by Crippen LogP contribution is -2.46. The molecule has 1 aliphatic rings. The Morgan fingerprint density at radius 2 is 1.55 bits per heavy atom. The fraction of sp³-hybridized carbons (Fsp3) is 0.350. The fourth-order valence-electron chi connectivity index (χ4n) is 2.98. The molecule has 0 aromatic heterocycles. The lowest BCUT2D eigenvalue weighted by Gasteiger charge is -2.36. The van der Waals surface area contributed by atoms with Crippen LogP contribution >= 0.6 is 0 Å². The van der Waals surface area contributed by atoms with E-state index in [1.54, 1.807) is 0 Å². The number of nitrogens with zero attached hydrogens (tertiary/aromatic N) is 2. The van der Waals surface area contributed by atoms with Crippen LogP contribution < -0.4 is 4.90 Å². The van der Waals surface area contributed by atoms with E-state index in [0.29, 0.717) is 0 Å². The standard InChI is InChI=1S/C20H25N2/c1-18-9-11-19(12-10-18)6-5-13-21-14-16-22(17-15-21)20-7-3-2-4-8-20/h2-4,6-12H,5,13-17H2,1H3. The molecule has 0 N–H and O–H groups in total. The van der Waals surface area contributed by atoms with Gasteiger partial charge in [-0.1, -0.05) is 48.0 Å². The Balaban J connectivity index is 1.40. The molecule has 0 aliphatic carbocycles. The van der Waals surface area contributed by atoms with Crippen LogP contribution in [-0.4, -0.2) is 37.6 Å². The Labute approximate surface area is 134 Å². The van der Waals surface area contributed by atoms with E-state index in [4.69, 9.17) is 0 Å². The number of anilines is 1. The fourth-order valence-corrected chi connectivity index (χ4v) is 2.98. The molecule has 1 fully saturated rings. The second-order valence-corrected chi connectivity index (χ2v) is 6.07. The molecule has 2 heteroatoms. The molecule has 0 bridgehead atoms. The smallest absolute Gasteiger partial charge is 0.0367 e. The molecular weight excluding hydrogens is 268 g/mol. The summed E-state index contributed by atoms with van der Waals surface area (Å²) in [5.41, 5.74) is 4.02. The van der Waals surface area contributed by atoms with E-state index in [0.717, 1.165) is 39.1 Å². The average Bonchev–Trinajstić information content (AvgIpc) is 2.58. The van der Waals surface area contributed by atoms with E-state index in [9.17, 15) is 0 Å². The SMILES string of the molecule is Cc1ccc([CH]CCN2CCN(c3ccccc3)CC2)cc1. The monoisotopic (exact) mass is 293 g/mol. The minimum atomic E-state index is 1.13. The zero-order valence-corrected chi connectivity index (χ0v) is 13.4. The van der Waals surface area contributed by atoms with Crippen LogP contribution in [-0.2, 0) is 0 Å². The summed E-state index contributed by atoms with van der Waals surface area (Å²) in [6, 6.07) is 19.5. The van der Waals surface area contributed by atoms with Gasteiger partial charge >= 0.3 is 0 Å². The molecule has 22 heavy (non-hydrogen) atoms. The van der Waals surface area contributed by atoms with Crippen molar-refractivity contribution in [2.75, 3.05) is 37.6 Å². The summed E-state index contributed by atoms with van der Waals surface area (Å²) in [4.78, 5) is 5.06. The van der Waals surface area contributed by atoms with Crippen molar-refractivity contribution >= 4 is 5.69 Å². The Kier molecular flexibility index (Phi) is 5.12. The van der Waals surface area contributed by atoms with Crippen LogP contribution in [0.15, 0.2) is 54.6 Å². The van der Waals surface area contributed by atoms with Gasteiger partial charge in [0.1, 0.15) is 0 Å². The molecule has 1 heterocycles. The van der Waals surface area contributed by atoms with Crippen molar-refractivity contribution in [1.29, 1.82) is 0 Å². The van der Waals surface area contributed by atoms with E-state index in [-0.39, 0.29) is 0 Å². The van der Waals surface area contributed by atoms with E-state index < -0.39 is 0 Å². The molecule has 2 aromatic rings. The molecule has 2 nitrogen and oxygen atoms in total. The Hall–Kier alpha value is -1.80. The van der Waals surface area contributed by atoms with Gasteiger partial charge in [-0.25, -0.2) is 0 Å². The zero-order chi connectivity index (χ0) is 15.2. The van der Waals surface area contributed by atoms with Gasteiger partial charge in [0.25, 0.3) is 0 Å². The van der Waals surface area contributed by atoms with Crippen LogP contribution in [0.1, 0.15) is 17.5 Å². The van der Waals surface area contributed by atoms with E-state index in [1.165, 1.54) is 16.8 Å². The van der Waals surface area contributed by atoms with Gasteiger partial charge in [0.2, 0.25) is 0 Å². The lowest BCUT2D eigenvalue weighted by molar-refractivity contribution is 0.261. The highest BCUT2D eigenvalue weighted by atomic mass is 15.3. The summed E-state index contributed by atoms with van der Waals surface area (Å²) in [6.45, 7) is 7.89. The second kappa shape index (κ2) is 7.46. The van der Waals surface area contributed by atoms with Crippen LogP contribution in [0.5, 0.6) is 0 Å². The first-order chi connectivity index (χ1) is 10.8. The third kappa shape index (κ3) is 4.11. The molecule has 3 rings (SSSR count). The van der Waals surface area contributed by atoms with E-state index in [2.05, 4.69) is 77.7 Å². The van der Waals surface area contributed by atoms with E-state index in [1.807, 2.05) is 0 Å². The van der Waals surface area contributed by atoms with Crippen molar-refractivity contribution in [2.45, 2.75) is 13.3 Å². The first-order valence-corrected chi connectivity index (χ1v) is 8.23.